The number of nitrogens with zero attached hydrogens (tertiary/aromatic N) is 4. The van der Waals surface area contributed by atoms with Crippen LogP contribution in [0.4, 0.5) is 0 Å². The van der Waals surface area contributed by atoms with Gasteiger partial charge in [0.05, 0.1) is 5.75 Å². The van der Waals surface area contributed by atoms with Crippen molar-refractivity contribution in [2.75, 3.05) is 18.8 Å². The van der Waals surface area contributed by atoms with Crippen molar-refractivity contribution in [1.29, 1.82) is 0 Å². The topological polar surface area (TPSA) is 71.2 Å². The maximum atomic E-state index is 12.2. The molecule has 0 unspecified atom stereocenters. The fourth-order valence-electron chi connectivity index (χ4n) is 2.69. The second-order valence-electron chi connectivity index (χ2n) is 5.47. The summed E-state index contributed by atoms with van der Waals surface area (Å²) in [4.78, 5) is 14.1. The van der Waals surface area contributed by atoms with E-state index in [2.05, 4.69) is 10.2 Å². The van der Waals surface area contributed by atoms with Crippen LogP contribution in [0, 0.1) is 0 Å². The standard InChI is InChI=1S/C16H20N4O2S/c1-2-20-15(12-5-7-13(21)8-6-12)17-18-16(20)23-11-14(22)19-9-3-4-10-19/h5-8,21H,2-4,9-11H2,1H3. The van der Waals surface area contributed by atoms with Crippen LogP contribution >= 0.6 is 11.8 Å². The van der Waals surface area contributed by atoms with Gasteiger partial charge in [-0.2, -0.15) is 0 Å². The second-order valence-corrected chi connectivity index (χ2v) is 6.42. The van der Waals surface area contributed by atoms with E-state index in [0.717, 1.165) is 49.0 Å². The minimum absolute atomic E-state index is 0.171. The minimum atomic E-state index is 0.171. The van der Waals surface area contributed by atoms with Gasteiger partial charge >= 0.3 is 0 Å². The van der Waals surface area contributed by atoms with Crippen LogP contribution in [0.15, 0.2) is 29.4 Å². The van der Waals surface area contributed by atoms with E-state index in [-0.39, 0.29) is 11.7 Å². The van der Waals surface area contributed by atoms with Crippen LogP contribution < -0.4 is 0 Å². The highest BCUT2D eigenvalue weighted by Gasteiger charge is 2.20. The Morgan fingerprint density at radius 2 is 1.91 bits per heavy atom. The summed E-state index contributed by atoms with van der Waals surface area (Å²) in [6.07, 6.45) is 2.21. The van der Waals surface area contributed by atoms with Crippen molar-refractivity contribution in [2.24, 2.45) is 0 Å². The van der Waals surface area contributed by atoms with Gasteiger partial charge in [0.2, 0.25) is 5.91 Å². The first-order valence-electron chi connectivity index (χ1n) is 7.82. The molecule has 1 fully saturated rings. The second kappa shape index (κ2) is 7.04. The van der Waals surface area contributed by atoms with Crippen LogP contribution in [0.1, 0.15) is 19.8 Å². The van der Waals surface area contributed by atoms with Crippen LogP contribution in [-0.2, 0) is 11.3 Å². The van der Waals surface area contributed by atoms with Gasteiger partial charge in [0, 0.05) is 25.2 Å². The molecule has 1 aliphatic heterocycles. The van der Waals surface area contributed by atoms with Crippen molar-refractivity contribution < 1.29 is 9.90 Å². The molecule has 122 valence electrons. The number of hydrogen-bond acceptors (Lipinski definition) is 5. The number of hydrogen-bond donors (Lipinski definition) is 1. The van der Waals surface area contributed by atoms with Crippen LogP contribution in [0.3, 0.4) is 0 Å². The molecule has 0 atom stereocenters. The van der Waals surface area contributed by atoms with E-state index >= 15 is 0 Å². The molecule has 7 heteroatoms. The molecule has 23 heavy (non-hydrogen) atoms. The van der Waals surface area contributed by atoms with Gasteiger partial charge in [-0.25, -0.2) is 0 Å². The number of phenolic OH excluding ortho intramolecular Hbond substituents is 1. The van der Waals surface area contributed by atoms with Crippen molar-refractivity contribution in [3.63, 3.8) is 0 Å². The van der Waals surface area contributed by atoms with Crippen LogP contribution in [0.5, 0.6) is 5.75 Å². The summed E-state index contributed by atoms with van der Waals surface area (Å²) < 4.78 is 1.99. The number of aromatic nitrogens is 3. The van der Waals surface area contributed by atoms with E-state index in [9.17, 15) is 9.90 Å². The van der Waals surface area contributed by atoms with Gasteiger partial charge in [-0.15, -0.1) is 10.2 Å². The van der Waals surface area contributed by atoms with Crippen LogP contribution in [0.2, 0.25) is 0 Å². The summed E-state index contributed by atoms with van der Waals surface area (Å²) >= 11 is 1.43. The molecule has 1 amide bonds. The van der Waals surface area contributed by atoms with Crippen molar-refractivity contribution in [1.82, 2.24) is 19.7 Å². The van der Waals surface area contributed by atoms with E-state index in [0.29, 0.717) is 5.75 Å². The SMILES string of the molecule is CCn1c(SCC(=O)N2CCCC2)nnc1-c1ccc(O)cc1. The van der Waals surface area contributed by atoms with Gasteiger partial charge in [0.15, 0.2) is 11.0 Å². The third kappa shape index (κ3) is 3.50. The van der Waals surface area contributed by atoms with Gasteiger partial charge in [-0.1, -0.05) is 11.8 Å². The van der Waals surface area contributed by atoms with Crippen molar-refractivity contribution in [3.8, 4) is 17.1 Å². The lowest BCUT2D eigenvalue weighted by atomic mass is 10.2. The lowest BCUT2D eigenvalue weighted by Crippen LogP contribution is -2.29. The Hall–Kier alpha value is -2.02. The van der Waals surface area contributed by atoms with Gasteiger partial charge in [0.25, 0.3) is 0 Å². The number of benzene rings is 1. The lowest BCUT2D eigenvalue weighted by Gasteiger charge is -2.14. The minimum Gasteiger partial charge on any atom is -0.508 e. The molecule has 1 aromatic heterocycles. The van der Waals surface area contributed by atoms with Gasteiger partial charge in [-0.05, 0) is 44.0 Å². The molecule has 3 rings (SSSR count). The Morgan fingerprint density at radius 3 is 2.57 bits per heavy atom. The Kier molecular flexibility index (Phi) is 4.85. The van der Waals surface area contributed by atoms with Crippen LogP contribution in [-0.4, -0.2) is 49.5 Å². The monoisotopic (exact) mass is 332 g/mol. The summed E-state index contributed by atoms with van der Waals surface area (Å²) in [6, 6.07) is 6.89. The first-order chi connectivity index (χ1) is 11.2. The summed E-state index contributed by atoms with van der Waals surface area (Å²) in [6.45, 7) is 4.50. The summed E-state index contributed by atoms with van der Waals surface area (Å²) in [5.41, 5.74) is 0.898. The first kappa shape index (κ1) is 15.9. The van der Waals surface area contributed by atoms with E-state index < -0.39 is 0 Å². The molecular formula is C16H20N4O2S. The highest BCUT2D eigenvalue weighted by atomic mass is 32.2. The summed E-state index contributed by atoms with van der Waals surface area (Å²) in [5.74, 6) is 1.54. The number of phenols is 1. The van der Waals surface area contributed by atoms with E-state index in [4.69, 9.17) is 0 Å². The Labute approximate surface area is 139 Å². The van der Waals surface area contributed by atoms with Crippen molar-refractivity contribution >= 4 is 17.7 Å². The predicted octanol–water partition coefficient (Wildman–Crippen LogP) is 2.39. The Bertz CT molecular complexity index is 678. The number of carbonyl (C=O) groups is 1. The third-order valence-corrected chi connectivity index (χ3v) is 4.89. The summed E-state index contributed by atoms with van der Waals surface area (Å²) in [7, 11) is 0. The number of aromatic hydroxyl groups is 1. The van der Waals surface area contributed by atoms with E-state index in [1.165, 1.54) is 11.8 Å². The average molecular weight is 332 g/mol. The third-order valence-electron chi connectivity index (χ3n) is 3.94. The number of amides is 1. The first-order valence-corrected chi connectivity index (χ1v) is 8.80. The molecule has 1 aliphatic rings. The molecule has 6 nitrogen and oxygen atoms in total. The zero-order valence-electron chi connectivity index (χ0n) is 13.1. The lowest BCUT2D eigenvalue weighted by molar-refractivity contribution is -0.127. The van der Waals surface area contributed by atoms with Crippen LogP contribution in [0.25, 0.3) is 11.4 Å². The molecule has 1 aromatic carbocycles. The summed E-state index contributed by atoms with van der Waals surface area (Å²) in [5, 5.41) is 18.6. The van der Waals surface area contributed by atoms with Crippen molar-refractivity contribution in [2.45, 2.75) is 31.5 Å². The van der Waals surface area contributed by atoms with Gasteiger partial charge < -0.3 is 14.6 Å². The fraction of sp³-hybridized carbons (Fsp3) is 0.438. The zero-order valence-corrected chi connectivity index (χ0v) is 13.9. The fourth-order valence-corrected chi connectivity index (χ4v) is 3.59. The maximum Gasteiger partial charge on any atom is 0.233 e. The molecule has 0 saturated carbocycles. The van der Waals surface area contributed by atoms with E-state index in [1.54, 1.807) is 12.1 Å². The highest BCUT2D eigenvalue weighted by molar-refractivity contribution is 7.99. The number of likely N-dealkylation sites (tertiary alicyclic amines) is 1. The molecule has 1 saturated heterocycles. The normalized spacial score (nSPS) is 14.4. The number of carbonyl (C=O) groups excluding carboxylic acids is 1. The maximum absolute atomic E-state index is 12.2. The molecular weight excluding hydrogens is 312 g/mol. The molecule has 2 heterocycles. The molecule has 0 aliphatic carbocycles. The highest BCUT2D eigenvalue weighted by Crippen LogP contribution is 2.25. The number of rotatable bonds is 5. The Balaban J connectivity index is 1.73. The predicted molar refractivity (Wildman–Crippen MR) is 89.3 cm³/mol. The molecule has 0 spiro atoms. The van der Waals surface area contributed by atoms with E-state index in [1.807, 2.05) is 28.5 Å². The quantitative estimate of drug-likeness (QED) is 0.851. The zero-order chi connectivity index (χ0) is 16.2. The molecule has 1 N–H and O–H groups in total. The van der Waals surface area contributed by atoms with Gasteiger partial charge in [0.1, 0.15) is 5.75 Å². The molecule has 0 radical (unpaired) electrons. The molecule has 2 aromatic rings. The molecule has 0 bridgehead atoms. The van der Waals surface area contributed by atoms with Gasteiger partial charge in [-0.3, -0.25) is 4.79 Å². The smallest absolute Gasteiger partial charge is 0.233 e. The average Bonchev–Trinajstić information content (AvgIpc) is 3.22. The Morgan fingerprint density at radius 1 is 1.22 bits per heavy atom. The number of thioether (sulfide) groups is 1. The van der Waals surface area contributed by atoms with Crippen molar-refractivity contribution in [3.05, 3.63) is 24.3 Å². The largest absolute Gasteiger partial charge is 0.508 e.